The Morgan fingerprint density at radius 2 is 2.18 bits per heavy atom. The third-order valence-corrected chi connectivity index (χ3v) is 3.52. The summed E-state index contributed by atoms with van der Waals surface area (Å²) in [7, 11) is 0. The topological polar surface area (TPSA) is 55.6 Å². The lowest BCUT2D eigenvalue weighted by Crippen LogP contribution is -2.41. The monoisotopic (exact) mass is 242 g/mol. The zero-order chi connectivity index (χ0) is 12.9. The van der Waals surface area contributed by atoms with Gasteiger partial charge in [-0.05, 0) is 25.2 Å². The molecule has 0 radical (unpaired) electrons. The van der Waals surface area contributed by atoms with Crippen LogP contribution in [0, 0.1) is 5.41 Å². The highest BCUT2D eigenvalue weighted by atomic mass is 16.5. The number of amides is 1. The van der Waals surface area contributed by atoms with E-state index in [1.165, 1.54) is 0 Å². The highest BCUT2D eigenvalue weighted by Gasteiger charge is 2.28. The van der Waals surface area contributed by atoms with Crippen LogP contribution in [0.3, 0.4) is 0 Å². The summed E-state index contributed by atoms with van der Waals surface area (Å²) in [5.74, 6) is 0.244. The summed E-state index contributed by atoms with van der Waals surface area (Å²) in [6, 6.07) is 0. The molecule has 0 spiro atoms. The fourth-order valence-corrected chi connectivity index (χ4v) is 2.16. The van der Waals surface area contributed by atoms with Gasteiger partial charge in [-0.15, -0.1) is 0 Å². The number of carbonyl (C=O) groups is 1. The van der Waals surface area contributed by atoms with Gasteiger partial charge in [0.1, 0.15) is 0 Å². The summed E-state index contributed by atoms with van der Waals surface area (Å²) in [5.41, 5.74) is 5.92. The predicted molar refractivity (Wildman–Crippen MR) is 68.7 cm³/mol. The van der Waals surface area contributed by atoms with Crippen LogP contribution in [0.25, 0.3) is 0 Å². The summed E-state index contributed by atoms with van der Waals surface area (Å²) in [5, 5.41) is 0. The van der Waals surface area contributed by atoms with E-state index < -0.39 is 0 Å². The SMILES string of the molecule is CCOC(CN)CN1CCC(C)(C)CCC1=O. The van der Waals surface area contributed by atoms with Crippen molar-refractivity contribution in [3.8, 4) is 0 Å². The minimum Gasteiger partial charge on any atom is -0.375 e. The van der Waals surface area contributed by atoms with Gasteiger partial charge in [-0.25, -0.2) is 0 Å². The molecule has 17 heavy (non-hydrogen) atoms. The normalized spacial score (nSPS) is 22.4. The number of hydrogen-bond acceptors (Lipinski definition) is 3. The number of nitrogens with zero attached hydrogens (tertiary/aromatic N) is 1. The number of carbonyl (C=O) groups excluding carboxylic acids is 1. The predicted octanol–water partition coefficient (Wildman–Crippen LogP) is 1.39. The minimum atomic E-state index is -0.0230. The molecular formula is C13H26N2O2. The van der Waals surface area contributed by atoms with Gasteiger partial charge in [0.2, 0.25) is 5.91 Å². The molecule has 0 aromatic heterocycles. The zero-order valence-corrected chi connectivity index (χ0v) is 11.4. The highest BCUT2D eigenvalue weighted by Crippen LogP contribution is 2.30. The lowest BCUT2D eigenvalue weighted by Gasteiger charge is -2.26. The van der Waals surface area contributed by atoms with Gasteiger partial charge < -0.3 is 15.4 Å². The summed E-state index contributed by atoms with van der Waals surface area (Å²) in [6.45, 7) is 9.00. The first-order valence-corrected chi connectivity index (χ1v) is 6.58. The van der Waals surface area contributed by atoms with Gasteiger partial charge in [-0.1, -0.05) is 13.8 Å². The molecule has 2 N–H and O–H groups in total. The highest BCUT2D eigenvalue weighted by molar-refractivity contribution is 5.76. The van der Waals surface area contributed by atoms with Crippen molar-refractivity contribution in [2.45, 2.75) is 46.1 Å². The second-order valence-corrected chi connectivity index (χ2v) is 5.57. The van der Waals surface area contributed by atoms with Crippen molar-refractivity contribution < 1.29 is 9.53 Å². The van der Waals surface area contributed by atoms with E-state index in [0.717, 1.165) is 19.4 Å². The fraction of sp³-hybridized carbons (Fsp3) is 0.923. The molecule has 1 rings (SSSR count). The number of rotatable bonds is 5. The van der Waals surface area contributed by atoms with Crippen molar-refractivity contribution in [2.75, 3.05) is 26.2 Å². The van der Waals surface area contributed by atoms with E-state index in [9.17, 15) is 4.79 Å². The molecule has 0 aromatic rings. The van der Waals surface area contributed by atoms with Crippen LogP contribution in [0.4, 0.5) is 0 Å². The Bertz CT molecular complexity index is 254. The molecule has 1 saturated heterocycles. The second-order valence-electron chi connectivity index (χ2n) is 5.57. The van der Waals surface area contributed by atoms with Gasteiger partial charge in [0.25, 0.3) is 0 Å². The van der Waals surface area contributed by atoms with Crippen molar-refractivity contribution in [1.82, 2.24) is 4.90 Å². The van der Waals surface area contributed by atoms with Crippen LogP contribution >= 0.6 is 0 Å². The molecule has 1 unspecified atom stereocenters. The van der Waals surface area contributed by atoms with E-state index >= 15 is 0 Å². The molecule has 4 heteroatoms. The van der Waals surface area contributed by atoms with Crippen LogP contribution < -0.4 is 5.73 Å². The van der Waals surface area contributed by atoms with Gasteiger partial charge in [-0.3, -0.25) is 4.79 Å². The molecule has 1 atom stereocenters. The Kier molecular flexibility index (Phi) is 5.40. The maximum Gasteiger partial charge on any atom is 0.222 e. The third-order valence-electron chi connectivity index (χ3n) is 3.52. The summed E-state index contributed by atoms with van der Waals surface area (Å²) in [4.78, 5) is 13.9. The second kappa shape index (κ2) is 6.36. The van der Waals surface area contributed by atoms with E-state index in [0.29, 0.717) is 26.1 Å². The van der Waals surface area contributed by atoms with E-state index in [2.05, 4.69) is 13.8 Å². The van der Waals surface area contributed by atoms with E-state index in [-0.39, 0.29) is 17.4 Å². The maximum atomic E-state index is 12.0. The van der Waals surface area contributed by atoms with Crippen LogP contribution in [0.1, 0.15) is 40.0 Å². The van der Waals surface area contributed by atoms with Gasteiger partial charge in [-0.2, -0.15) is 0 Å². The van der Waals surface area contributed by atoms with Crippen molar-refractivity contribution in [2.24, 2.45) is 11.1 Å². The molecule has 1 aliphatic rings. The molecular weight excluding hydrogens is 216 g/mol. The smallest absolute Gasteiger partial charge is 0.222 e. The van der Waals surface area contributed by atoms with E-state index in [1.54, 1.807) is 0 Å². The van der Waals surface area contributed by atoms with Crippen molar-refractivity contribution >= 4 is 5.91 Å². The largest absolute Gasteiger partial charge is 0.375 e. The molecule has 0 aliphatic carbocycles. The van der Waals surface area contributed by atoms with Crippen LogP contribution in [-0.4, -0.2) is 43.2 Å². The van der Waals surface area contributed by atoms with Gasteiger partial charge in [0, 0.05) is 32.7 Å². The Labute approximate surface area is 104 Å². The third kappa shape index (κ3) is 4.64. The van der Waals surface area contributed by atoms with Gasteiger partial charge in [0.15, 0.2) is 0 Å². The first-order valence-electron chi connectivity index (χ1n) is 6.58. The molecule has 0 aromatic carbocycles. The minimum absolute atomic E-state index is 0.0230. The molecule has 0 saturated carbocycles. The van der Waals surface area contributed by atoms with Gasteiger partial charge >= 0.3 is 0 Å². The quantitative estimate of drug-likeness (QED) is 0.792. The van der Waals surface area contributed by atoms with Crippen LogP contribution in [-0.2, 0) is 9.53 Å². The van der Waals surface area contributed by atoms with Crippen molar-refractivity contribution in [3.63, 3.8) is 0 Å². The van der Waals surface area contributed by atoms with Crippen LogP contribution in [0.2, 0.25) is 0 Å². The lowest BCUT2D eigenvalue weighted by atomic mass is 9.85. The first kappa shape index (κ1) is 14.5. The molecule has 100 valence electrons. The average molecular weight is 242 g/mol. The Morgan fingerprint density at radius 3 is 2.76 bits per heavy atom. The standard InChI is InChI=1S/C13H26N2O2/c1-4-17-11(9-14)10-15-8-7-13(2,3)6-5-12(15)16/h11H,4-10,14H2,1-3H3. The number of ether oxygens (including phenoxy) is 1. The van der Waals surface area contributed by atoms with Crippen molar-refractivity contribution in [3.05, 3.63) is 0 Å². The Hall–Kier alpha value is -0.610. The summed E-state index contributed by atoms with van der Waals surface area (Å²) < 4.78 is 5.52. The van der Waals surface area contributed by atoms with E-state index in [1.807, 2.05) is 11.8 Å². The molecule has 4 nitrogen and oxygen atoms in total. The fourth-order valence-electron chi connectivity index (χ4n) is 2.16. The lowest BCUT2D eigenvalue weighted by molar-refractivity contribution is -0.132. The molecule has 0 bridgehead atoms. The molecule has 1 heterocycles. The molecule has 1 fully saturated rings. The first-order chi connectivity index (χ1) is 7.98. The number of likely N-dealkylation sites (tertiary alicyclic amines) is 1. The Balaban J connectivity index is 2.54. The maximum absolute atomic E-state index is 12.0. The number of hydrogen-bond donors (Lipinski definition) is 1. The van der Waals surface area contributed by atoms with Crippen LogP contribution in [0.15, 0.2) is 0 Å². The zero-order valence-electron chi connectivity index (χ0n) is 11.4. The Morgan fingerprint density at radius 1 is 1.47 bits per heavy atom. The summed E-state index contributed by atoms with van der Waals surface area (Å²) in [6.07, 6.45) is 2.66. The van der Waals surface area contributed by atoms with Crippen LogP contribution in [0.5, 0.6) is 0 Å². The summed E-state index contributed by atoms with van der Waals surface area (Å²) >= 11 is 0. The van der Waals surface area contributed by atoms with Gasteiger partial charge in [0.05, 0.1) is 6.10 Å². The molecule has 1 aliphatic heterocycles. The molecule has 1 amide bonds. The average Bonchev–Trinajstić information content (AvgIpc) is 2.41. The van der Waals surface area contributed by atoms with Crippen molar-refractivity contribution in [1.29, 1.82) is 0 Å². The van der Waals surface area contributed by atoms with E-state index in [4.69, 9.17) is 10.5 Å². The number of nitrogens with two attached hydrogens (primary N) is 1.